The molecule has 0 aliphatic carbocycles. The molecule has 4 rings (SSSR count). The number of rotatable bonds is 8. The monoisotopic (exact) mass is 508 g/mol. The lowest BCUT2D eigenvalue weighted by Crippen LogP contribution is -2.37. The third-order valence-electron chi connectivity index (χ3n) is 5.41. The van der Waals surface area contributed by atoms with Gasteiger partial charge in [0.05, 0.1) is 17.6 Å². The van der Waals surface area contributed by atoms with Gasteiger partial charge in [0.2, 0.25) is 0 Å². The summed E-state index contributed by atoms with van der Waals surface area (Å²) in [6, 6.07) is 21.4. The third-order valence-corrected chi connectivity index (χ3v) is 5.90. The van der Waals surface area contributed by atoms with Crippen LogP contribution in [0.5, 0.6) is 11.5 Å². The Bertz CT molecular complexity index is 1300. The number of hydrogen-bond donors (Lipinski definition) is 1. The first-order chi connectivity index (χ1) is 15.7. The second-order valence-electron chi connectivity index (χ2n) is 8.34. The molecule has 170 valence electrons. The highest BCUT2D eigenvalue weighted by atomic mass is 79.9. The van der Waals surface area contributed by atoms with Gasteiger partial charge in [-0.2, -0.15) is 0 Å². The van der Waals surface area contributed by atoms with Crippen LogP contribution in [0, 0.1) is 6.92 Å². The first-order valence-electron chi connectivity index (χ1n) is 10.6. The van der Waals surface area contributed by atoms with Crippen molar-refractivity contribution in [1.82, 2.24) is 9.55 Å². The molecule has 0 aliphatic rings. The Balaban J connectivity index is 1.48. The van der Waals surface area contributed by atoms with Crippen LogP contribution in [0.15, 0.2) is 71.2 Å². The molecule has 1 N–H and O–H groups in total. The fourth-order valence-corrected chi connectivity index (χ4v) is 3.87. The highest BCUT2D eigenvalue weighted by Gasteiger charge is 2.29. The molecule has 0 amide bonds. The number of nitrogens with zero attached hydrogens (tertiary/aromatic N) is 2. The number of aryl methyl sites for hydroxylation is 1. The number of aliphatic carboxylic acids is 1. The maximum Gasteiger partial charge on any atom is 0.347 e. The number of halogens is 1. The van der Waals surface area contributed by atoms with E-state index in [1.54, 1.807) is 12.1 Å². The van der Waals surface area contributed by atoms with E-state index in [1.807, 2.05) is 49.4 Å². The van der Waals surface area contributed by atoms with Gasteiger partial charge in [0.15, 0.2) is 5.60 Å². The minimum atomic E-state index is -1.29. The second kappa shape index (κ2) is 9.27. The van der Waals surface area contributed by atoms with Crippen LogP contribution < -0.4 is 9.47 Å². The molecule has 0 saturated heterocycles. The Kier molecular flexibility index (Phi) is 6.42. The van der Waals surface area contributed by atoms with Crippen molar-refractivity contribution in [2.24, 2.45) is 0 Å². The number of carboxylic acids is 1. The molecule has 0 atom stereocenters. The van der Waals surface area contributed by atoms with E-state index in [1.165, 1.54) is 13.8 Å². The highest BCUT2D eigenvalue weighted by molar-refractivity contribution is 9.10. The SMILES string of the molecule is Cc1nc2cc(Br)ccc2n1Cc1ccccc1OCc1ccc(OC(C)(C)C(=O)O)cc1. The molecule has 0 unspecified atom stereocenters. The average molecular weight is 509 g/mol. The van der Waals surface area contributed by atoms with Crippen LogP contribution in [0.25, 0.3) is 11.0 Å². The molecule has 0 radical (unpaired) electrons. The summed E-state index contributed by atoms with van der Waals surface area (Å²) in [5.41, 5.74) is 2.76. The van der Waals surface area contributed by atoms with E-state index in [-0.39, 0.29) is 0 Å². The fraction of sp³-hybridized carbons (Fsp3) is 0.231. The van der Waals surface area contributed by atoms with Crippen molar-refractivity contribution in [3.63, 3.8) is 0 Å². The number of carbonyl (C=O) groups is 1. The molecule has 1 aromatic heterocycles. The summed E-state index contributed by atoms with van der Waals surface area (Å²) < 4.78 is 14.9. The summed E-state index contributed by atoms with van der Waals surface area (Å²) in [4.78, 5) is 15.9. The van der Waals surface area contributed by atoms with E-state index in [4.69, 9.17) is 9.47 Å². The van der Waals surface area contributed by atoms with Gasteiger partial charge in [-0.25, -0.2) is 9.78 Å². The van der Waals surface area contributed by atoms with Gasteiger partial charge in [0, 0.05) is 10.0 Å². The minimum absolute atomic E-state index is 0.385. The Morgan fingerprint density at radius 2 is 1.82 bits per heavy atom. The molecule has 6 nitrogen and oxygen atoms in total. The largest absolute Gasteiger partial charge is 0.489 e. The van der Waals surface area contributed by atoms with E-state index < -0.39 is 11.6 Å². The summed E-state index contributed by atoms with van der Waals surface area (Å²) in [6.07, 6.45) is 0. The third kappa shape index (κ3) is 5.20. The van der Waals surface area contributed by atoms with Crippen LogP contribution in [-0.2, 0) is 17.9 Å². The summed E-state index contributed by atoms with van der Waals surface area (Å²) in [6.45, 7) is 6.08. The Hall–Kier alpha value is -3.32. The van der Waals surface area contributed by atoms with Crippen LogP contribution in [-0.4, -0.2) is 26.2 Å². The van der Waals surface area contributed by atoms with Crippen molar-refractivity contribution in [1.29, 1.82) is 0 Å². The zero-order valence-electron chi connectivity index (χ0n) is 18.7. The first-order valence-corrected chi connectivity index (χ1v) is 11.4. The Labute approximate surface area is 200 Å². The van der Waals surface area contributed by atoms with Crippen LogP contribution in [0.2, 0.25) is 0 Å². The minimum Gasteiger partial charge on any atom is -0.489 e. The molecule has 0 spiro atoms. The number of hydrogen-bond acceptors (Lipinski definition) is 4. The van der Waals surface area contributed by atoms with Crippen LogP contribution in [0.1, 0.15) is 30.8 Å². The number of aromatic nitrogens is 2. The standard InChI is InChI=1S/C26H25BrN2O4/c1-17-28-22-14-20(27)10-13-23(22)29(17)15-19-6-4-5-7-24(19)32-16-18-8-11-21(12-9-18)33-26(2,3)25(30)31/h4-14H,15-16H2,1-3H3,(H,30,31). The lowest BCUT2D eigenvalue weighted by atomic mass is 10.1. The van der Waals surface area contributed by atoms with Gasteiger partial charge in [-0.05, 0) is 62.7 Å². The summed E-state index contributed by atoms with van der Waals surface area (Å²) in [5.74, 6) is 1.24. The lowest BCUT2D eigenvalue weighted by Gasteiger charge is -2.21. The predicted molar refractivity (Wildman–Crippen MR) is 131 cm³/mol. The molecule has 7 heteroatoms. The second-order valence-corrected chi connectivity index (χ2v) is 9.25. The molecule has 4 aromatic rings. The molecule has 33 heavy (non-hydrogen) atoms. The summed E-state index contributed by atoms with van der Waals surface area (Å²) in [5, 5.41) is 9.22. The first kappa shape index (κ1) is 22.9. The smallest absolute Gasteiger partial charge is 0.347 e. The van der Waals surface area contributed by atoms with Gasteiger partial charge in [0.1, 0.15) is 23.9 Å². The van der Waals surface area contributed by atoms with E-state index in [9.17, 15) is 9.90 Å². The highest BCUT2D eigenvalue weighted by Crippen LogP contribution is 2.26. The van der Waals surface area contributed by atoms with Crippen molar-refractivity contribution >= 4 is 32.9 Å². The van der Waals surface area contributed by atoms with Crippen LogP contribution in [0.4, 0.5) is 0 Å². The van der Waals surface area contributed by atoms with Gasteiger partial charge < -0.3 is 19.1 Å². The van der Waals surface area contributed by atoms with E-state index in [0.717, 1.165) is 38.2 Å². The van der Waals surface area contributed by atoms with E-state index in [2.05, 4.69) is 37.6 Å². The number of fused-ring (bicyclic) bond motifs is 1. The van der Waals surface area contributed by atoms with E-state index in [0.29, 0.717) is 18.9 Å². The van der Waals surface area contributed by atoms with Gasteiger partial charge in [-0.3, -0.25) is 0 Å². The summed E-state index contributed by atoms with van der Waals surface area (Å²) >= 11 is 3.51. The number of carboxylic acid groups (broad SMARTS) is 1. The van der Waals surface area contributed by atoms with Crippen molar-refractivity contribution in [2.45, 2.75) is 39.5 Å². The topological polar surface area (TPSA) is 73.6 Å². The molecule has 0 aliphatic heterocycles. The van der Waals surface area contributed by atoms with Crippen molar-refractivity contribution < 1.29 is 19.4 Å². The number of para-hydroxylation sites is 1. The van der Waals surface area contributed by atoms with Gasteiger partial charge in [-0.15, -0.1) is 0 Å². The molecule has 1 heterocycles. The lowest BCUT2D eigenvalue weighted by molar-refractivity contribution is -0.152. The van der Waals surface area contributed by atoms with Crippen molar-refractivity contribution in [3.05, 3.63) is 88.2 Å². The zero-order chi connectivity index (χ0) is 23.6. The van der Waals surface area contributed by atoms with Crippen LogP contribution in [0.3, 0.4) is 0 Å². The van der Waals surface area contributed by atoms with Crippen molar-refractivity contribution in [3.8, 4) is 11.5 Å². The summed E-state index contributed by atoms with van der Waals surface area (Å²) in [7, 11) is 0. The zero-order valence-corrected chi connectivity index (χ0v) is 20.3. The number of ether oxygens (including phenoxy) is 2. The number of benzene rings is 3. The molecule has 0 saturated carbocycles. The maximum absolute atomic E-state index is 11.3. The molecular formula is C26H25BrN2O4. The molecule has 0 fully saturated rings. The quantitative estimate of drug-likeness (QED) is 0.317. The number of imidazole rings is 1. The Morgan fingerprint density at radius 1 is 1.09 bits per heavy atom. The Morgan fingerprint density at radius 3 is 2.55 bits per heavy atom. The van der Waals surface area contributed by atoms with Gasteiger partial charge >= 0.3 is 5.97 Å². The molecule has 3 aromatic carbocycles. The van der Waals surface area contributed by atoms with Gasteiger partial charge in [-0.1, -0.05) is 46.3 Å². The average Bonchev–Trinajstić information content (AvgIpc) is 3.08. The predicted octanol–water partition coefficient (Wildman–Crippen LogP) is 5.98. The normalized spacial score (nSPS) is 11.5. The van der Waals surface area contributed by atoms with E-state index >= 15 is 0 Å². The molecular weight excluding hydrogens is 484 g/mol. The maximum atomic E-state index is 11.3. The van der Waals surface area contributed by atoms with Gasteiger partial charge in [0.25, 0.3) is 0 Å². The molecule has 0 bridgehead atoms. The van der Waals surface area contributed by atoms with Crippen molar-refractivity contribution in [2.75, 3.05) is 0 Å². The fourth-order valence-electron chi connectivity index (χ4n) is 3.52. The van der Waals surface area contributed by atoms with Crippen LogP contribution >= 0.6 is 15.9 Å².